The van der Waals surface area contributed by atoms with Crippen LogP contribution in [0.1, 0.15) is 46.9 Å². The fraction of sp³-hybridized carbons (Fsp3) is 0.280. The van der Waals surface area contributed by atoms with Gasteiger partial charge in [0, 0.05) is 24.7 Å². The lowest BCUT2D eigenvalue weighted by Gasteiger charge is -2.11. The SMILES string of the molecule is Cc1nnc(-c2cc(CC(C)C)n(-c3cccc(C(=O)NCc4ccc(C(F)(F)F)cc4)c3)n2)o1. The molecule has 35 heavy (non-hydrogen) atoms. The number of nitrogens with zero attached hydrogens (tertiary/aromatic N) is 4. The maximum absolute atomic E-state index is 12.8. The van der Waals surface area contributed by atoms with Crippen molar-refractivity contribution in [3.8, 4) is 17.3 Å². The molecule has 4 rings (SSSR count). The predicted molar refractivity (Wildman–Crippen MR) is 123 cm³/mol. The van der Waals surface area contributed by atoms with Crippen LogP contribution in [0.15, 0.2) is 59.0 Å². The summed E-state index contributed by atoms with van der Waals surface area (Å²) in [5.74, 6) is 0.762. The van der Waals surface area contributed by atoms with Gasteiger partial charge in [-0.2, -0.15) is 18.3 Å². The minimum atomic E-state index is -4.40. The molecule has 0 saturated heterocycles. The molecule has 1 N–H and O–H groups in total. The standard InChI is InChI=1S/C25H24F3N5O2/c1-15(2)11-21-13-22(24-31-30-16(3)35-24)32-33(21)20-6-4-5-18(12-20)23(34)29-14-17-7-9-19(10-8-17)25(26,27)28/h4-10,12-13,15H,11,14H2,1-3H3,(H,29,34). The molecule has 0 bridgehead atoms. The molecule has 2 heterocycles. The van der Waals surface area contributed by atoms with Gasteiger partial charge < -0.3 is 9.73 Å². The van der Waals surface area contributed by atoms with Gasteiger partial charge in [-0.15, -0.1) is 10.2 Å². The highest BCUT2D eigenvalue weighted by atomic mass is 19.4. The first-order valence-electron chi connectivity index (χ1n) is 11.0. The van der Waals surface area contributed by atoms with E-state index in [1.54, 1.807) is 29.8 Å². The van der Waals surface area contributed by atoms with Crippen LogP contribution in [0.2, 0.25) is 0 Å². The molecule has 0 aliphatic heterocycles. The number of carbonyl (C=O) groups is 1. The van der Waals surface area contributed by atoms with Crippen LogP contribution in [-0.2, 0) is 19.1 Å². The zero-order valence-electron chi connectivity index (χ0n) is 19.4. The number of aryl methyl sites for hydroxylation is 1. The maximum atomic E-state index is 12.8. The van der Waals surface area contributed by atoms with E-state index in [2.05, 4.69) is 34.5 Å². The Hall–Kier alpha value is -3.95. The minimum Gasteiger partial charge on any atom is -0.420 e. The van der Waals surface area contributed by atoms with Crippen molar-refractivity contribution in [2.24, 2.45) is 5.92 Å². The molecule has 0 unspecified atom stereocenters. The quantitative estimate of drug-likeness (QED) is 0.382. The van der Waals surface area contributed by atoms with Crippen LogP contribution >= 0.6 is 0 Å². The number of benzene rings is 2. The molecule has 7 nitrogen and oxygen atoms in total. The normalized spacial score (nSPS) is 11.7. The molecule has 1 amide bonds. The van der Waals surface area contributed by atoms with Crippen LogP contribution in [0, 0.1) is 12.8 Å². The summed E-state index contributed by atoms with van der Waals surface area (Å²) in [6, 6.07) is 13.6. The number of halogens is 3. The Morgan fingerprint density at radius 1 is 1.09 bits per heavy atom. The third kappa shape index (κ3) is 5.76. The molecular formula is C25H24F3N5O2. The minimum absolute atomic E-state index is 0.0994. The Morgan fingerprint density at radius 3 is 2.46 bits per heavy atom. The third-order valence-corrected chi connectivity index (χ3v) is 5.23. The van der Waals surface area contributed by atoms with Gasteiger partial charge in [-0.25, -0.2) is 4.68 Å². The zero-order valence-corrected chi connectivity index (χ0v) is 19.4. The van der Waals surface area contributed by atoms with E-state index in [1.807, 2.05) is 12.1 Å². The lowest BCUT2D eigenvalue weighted by Crippen LogP contribution is -2.23. The van der Waals surface area contributed by atoms with E-state index in [4.69, 9.17) is 4.42 Å². The molecule has 2 aromatic heterocycles. The van der Waals surface area contributed by atoms with Crippen LogP contribution in [0.3, 0.4) is 0 Å². The van der Waals surface area contributed by atoms with E-state index in [0.29, 0.717) is 40.2 Å². The Labute approximate surface area is 200 Å². The predicted octanol–water partition coefficient (Wildman–Crippen LogP) is 5.38. The van der Waals surface area contributed by atoms with Crippen LogP contribution in [0.25, 0.3) is 17.3 Å². The van der Waals surface area contributed by atoms with Crippen molar-refractivity contribution in [1.29, 1.82) is 0 Å². The number of carbonyl (C=O) groups excluding carboxylic acids is 1. The van der Waals surface area contributed by atoms with Crippen molar-refractivity contribution in [3.05, 3.63) is 82.9 Å². The zero-order chi connectivity index (χ0) is 25.2. The van der Waals surface area contributed by atoms with Gasteiger partial charge in [-0.1, -0.05) is 32.0 Å². The summed E-state index contributed by atoms with van der Waals surface area (Å²) in [5.41, 5.74) is 2.38. The molecule has 10 heteroatoms. The highest BCUT2D eigenvalue weighted by Crippen LogP contribution is 2.29. The number of hydrogen-bond donors (Lipinski definition) is 1. The van der Waals surface area contributed by atoms with Gasteiger partial charge in [-0.05, 0) is 54.3 Å². The number of hydrogen-bond acceptors (Lipinski definition) is 5. The van der Waals surface area contributed by atoms with E-state index in [-0.39, 0.29) is 12.5 Å². The average molecular weight is 483 g/mol. The van der Waals surface area contributed by atoms with E-state index < -0.39 is 11.7 Å². The van der Waals surface area contributed by atoms with Crippen molar-refractivity contribution in [3.63, 3.8) is 0 Å². The fourth-order valence-electron chi connectivity index (χ4n) is 3.59. The first-order valence-corrected chi connectivity index (χ1v) is 11.0. The number of nitrogens with one attached hydrogen (secondary N) is 1. The summed E-state index contributed by atoms with van der Waals surface area (Å²) < 4.78 is 45.5. The van der Waals surface area contributed by atoms with Gasteiger partial charge in [-0.3, -0.25) is 4.79 Å². The molecule has 0 saturated carbocycles. The smallest absolute Gasteiger partial charge is 0.416 e. The van der Waals surface area contributed by atoms with Gasteiger partial charge in [0.1, 0.15) is 5.69 Å². The molecule has 4 aromatic rings. The summed E-state index contributed by atoms with van der Waals surface area (Å²) in [7, 11) is 0. The Balaban J connectivity index is 1.54. The van der Waals surface area contributed by atoms with Crippen molar-refractivity contribution < 1.29 is 22.4 Å². The maximum Gasteiger partial charge on any atom is 0.416 e. The van der Waals surface area contributed by atoms with Gasteiger partial charge in [0.2, 0.25) is 5.89 Å². The highest BCUT2D eigenvalue weighted by Gasteiger charge is 2.29. The number of rotatable bonds is 7. The van der Waals surface area contributed by atoms with E-state index in [0.717, 1.165) is 24.2 Å². The summed E-state index contributed by atoms with van der Waals surface area (Å²) in [4.78, 5) is 12.8. The summed E-state index contributed by atoms with van der Waals surface area (Å²) in [6.45, 7) is 6.00. The van der Waals surface area contributed by atoms with Crippen LogP contribution in [0.5, 0.6) is 0 Å². The van der Waals surface area contributed by atoms with E-state index in [9.17, 15) is 18.0 Å². The van der Waals surface area contributed by atoms with E-state index >= 15 is 0 Å². The summed E-state index contributed by atoms with van der Waals surface area (Å²) in [5, 5.41) is 15.3. The van der Waals surface area contributed by atoms with Crippen LogP contribution < -0.4 is 5.32 Å². The van der Waals surface area contributed by atoms with Crippen molar-refractivity contribution in [2.45, 2.75) is 39.9 Å². The number of amides is 1. The first kappa shape index (κ1) is 24.2. The van der Waals surface area contributed by atoms with Gasteiger partial charge >= 0.3 is 6.18 Å². The molecule has 0 fully saturated rings. The summed E-state index contributed by atoms with van der Waals surface area (Å²) in [6.07, 6.45) is -3.66. The summed E-state index contributed by atoms with van der Waals surface area (Å²) >= 11 is 0. The van der Waals surface area contributed by atoms with Crippen LogP contribution in [-0.4, -0.2) is 25.9 Å². The molecule has 0 aliphatic rings. The second-order valence-corrected chi connectivity index (χ2v) is 8.58. The van der Waals surface area contributed by atoms with Gasteiger partial charge in [0.15, 0.2) is 0 Å². The molecule has 0 aliphatic carbocycles. The number of alkyl halides is 3. The molecule has 0 atom stereocenters. The average Bonchev–Trinajstić information content (AvgIpc) is 3.43. The first-order chi connectivity index (χ1) is 16.6. The molecule has 2 aromatic carbocycles. The second-order valence-electron chi connectivity index (χ2n) is 8.58. The lowest BCUT2D eigenvalue weighted by atomic mass is 10.1. The Bertz CT molecular complexity index is 1320. The molecule has 182 valence electrons. The largest absolute Gasteiger partial charge is 0.420 e. The Kier molecular flexibility index (Phi) is 6.72. The molecule has 0 spiro atoms. The monoisotopic (exact) mass is 483 g/mol. The highest BCUT2D eigenvalue weighted by molar-refractivity contribution is 5.94. The van der Waals surface area contributed by atoms with Crippen molar-refractivity contribution in [2.75, 3.05) is 0 Å². The van der Waals surface area contributed by atoms with Crippen molar-refractivity contribution >= 4 is 5.91 Å². The van der Waals surface area contributed by atoms with E-state index in [1.165, 1.54) is 12.1 Å². The topological polar surface area (TPSA) is 85.8 Å². The molecule has 0 radical (unpaired) electrons. The van der Waals surface area contributed by atoms with Gasteiger partial charge in [0.25, 0.3) is 11.8 Å². The second kappa shape index (κ2) is 9.73. The third-order valence-electron chi connectivity index (χ3n) is 5.23. The van der Waals surface area contributed by atoms with Crippen LogP contribution in [0.4, 0.5) is 13.2 Å². The fourth-order valence-corrected chi connectivity index (χ4v) is 3.59. The molecular weight excluding hydrogens is 459 g/mol. The lowest BCUT2D eigenvalue weighted by molar-refractivity contribution is -0.137. The van der Waals surface area contributed by atoms with Gasteiger partial charge in [0.05, 0.1) is 11.3 Å². The Morgan fingerprint density at radius 2 is 1.83 bits per heavy atom. The van der Waals surface area contributed by atoms with Crippen molar-refractivity contribution in [1.82, 2.24) is 25.3 Å². The number of aromatic nitrogens is 4.